The van der Waals surface area contributed by atoms with Crippen molar-refractivity contribution < 1.29 is 8.42 Å². The molecule has 2 aromatic rings. The Bertz CT molecular complexity index is 753. The molecule has 2 aromatic carbocycles. The predicted octanol–water partition coefficient (Wildman–Crippen LogP) is 2.68. The van der Waals surface area contributed by atoms with Gasteiger partial charge in [0.15, 0.2) is 0 Å². The molecule has 0 aliphatic carbocycles. The number of aryl methyl sites for hydroxylation is 1. The van der Waals surface area contributed by atoms with E-state index in [1.165, 1.54) is 12.1 Å². The summed E-state index contributed by atoms with van der Waals surface area (Å²) in [5.41, 5.74) is 7.68. The third-order valence-electron chi connectivity index (χ3n) is 3.09. The average Bonchev–Trinajstić information content (AvgIpc) is 2.47. The van der Waals surface area contributed by atoms with Gasteiger partial charge >= 0.3 is 0 Å². The molecule has 0 aliphatic heterocycles. The Hall–Kier alpha value is -1.92. The Morgan fingerprint density at radius 3 is 2.33 bits per heavy atom. The molecule has 0 spiro atoms. The van der Waals surface area contributed by atoms with Crippen LogP contribution in [-0.4, -0.2) is 13.4 Å². The van der Waals surface area contributed by atoms with E-state index in [-0.39, 0.29) is 9.88 Å². The predicted molar refractivity (Wildman–Crippen MR) is 89.0 cm³/mol. The van der Waals surface area contributed by atoms with Gasteiger partial charge in [-0.15, -0.1) is 0 Å². The van der Waals surface area contributed by atoms with E-state index in [1.54, 1.807) is 24.3 Å². The van der Waals surface area contributed by atoms with Crippen LogP contribution in [-0.2, 0) is 16.4 Å². The monoisotopic (exact) mass is 320 g/mol. The normalized spacial score (nSPS) is 11.1. The summed E-state index contributed by atoms with van der Waals surface area (Å²) in [6.45, 7) is 1.98. The minimum atomic E-state index is -3.62. The van der Waals surface area contributed by atoms with Crippen LogP contribution in [0.3, 0.4) is 0 Å². The fraction of sp³-hybridized carbons (Fsp3) is 0.133. The molecule has 3 N–H and O–H groups in total. The number of para-hydroxylation sites is 1. The van der Waals surface area contributed by atoms with Crippen LogP contribution in [0.2, 0.25) is 0 Å². The SMILES string of the molecule is CCc1ccccc1NS(=O)(=O)c1ccc(C(N)=S)cc1. The molecule has 0 heterocycles. The van der Waals surface area contributed by atoms with E-state index < -0.39 is 10.0 Å². The molecule has 0 aliphatic rings. The van der Waals surface area contributed by atoms with Crippen LogP contribution in [0, 0.1) is 0 Å². The van der Waals surface area contributed by atoms with Crippen molar-refractivity contribution in [2.45, 2.75) is 18.2 Å². The summed E-state index contributed by atoms with van der Waals surface area (Å²) in [5.74, 6) is 0. The molecule has 0 aromatic heterocycles. The fourth-order valence-electron chi connectivity index (χ4n) is 1.93. The van der Waals surface area contributed by atoms with Crippen molar-refractivity contribution >= 4 is 32.9 Å². The topological polar surface area (TPSA) is 72.2 Å². The van der Waals surface area contributed by atoms with Crippen molar-refractivity contribution in [3.63, 3.8) is 0 Å². The first kappa shape index (κ1) is 15.5. The average molecular weight is 320 g/mol. The van der Waals surface area contributed by atoms with Gasteiger partial charge in [0.1, 0.15) is 4.99 Å². The van der Waals surface area contributed by atoms with Crippen molar-refractivity contribution in [1.82, 2.24) is 0 Å². The smallest absolute Gasteiger partial charge is 0.261 e. The zero-order chi connectivity index (χ0) is 15.5. The molecule has 0 atom stereocenters. The van der Waals surface area contributed by atoms with Crippen LogP contribution < -0.4 is 10.5 Å². The van der Waals surface area contributed by atoms with Crippen LogP contribution in [0.4, 0.5) is 5.69 Å². The van der Waals surface area contributed by atoms with Gasteiger partial charge in [-0.05, 0) is 30.2 Å². The summed E-state index contributed by atoms with van der Waals surface area (Å²) in [7, 11) is -3.62. The summed E-state index contributed by atoms with van der Waals surface area (Å²) in [4.78, 5) is 0.414. The highest BCUT2D eigenvalue weighted by Gasteiger charge is 2.15. The van der Waals surface area contributed by atoms with Gasteiger partial charge in [0, 0.05) is 5.56 Å². The first-order valence-corrected chi connectivity index (χ1v) is 8.34. The van der Waals surface area contributed by atoms with Crippen LogP contribution in [0.1, 0.15) is 18.1 Å². The van der Waals surface area contributed by atoms with Crippen molar-refractivity contribution in [2.24, 2.45) is 5.73 Å². The number of hydrogen-bond donors (Lipinski definition) is 2. The third-order valence-corrected chi connectivity index (χ3v) is 4.71. The highest BCUT2D eigenvalue weighted by atomic mass is 32.2. The van der Waals surface area contributed by atoms with Gasteiger partial charge in [-0.2, -0.15) is 0 Å². The lowest BCUT2D eigenvalue weighted by molar-refractivity contribution is 0.601. The number of rotatable bonds is 5. The van der Waals surface area contributed by atoms with Crippen LogP contribution >= 0.6 is 12.2 Å². The Balaban J connectivity index is 2.32. The maximum atomic E-state index is 12.4. The Labute approximate surface area is 130 Å². The maximum absolute atomic E-state index is 12.4. The molecule has 0 amide bonds. The zero-order valence-corrected chi connectivity index (χ0v) is 13.2. The molecule has 2 rings (SSSR count). The molecule has 0 bridgehead atoms. The van der Waals surface area contributed by atoms with Crippen molar-refractivity contribution in [3.8, 4) is 0 Å². The molecule has 0 radical (unpaired) electrons. The number of nitrogens with two attached hydrogens (primary N) is 1. The van der Waals surface area contributed by atoms with E-state index in [0.717, 1.165) is 12.0 Å². The van der Waals surface area contributed by atoms with E-state index in [2.05, 4.69) is 4.72 Å². The molecular weight excluding hydrogens is 304 g/mol. The highest BCUT2D eigenvalue weighted by molar-refractivity contribution is 7.92. The standard InChI is InChI=1S/C15H16N2O2S2/c1-2-11-5-3-4-6-14(11)17-21(18,19)13-9-7-12(8-10-13)15(16)20/h3-10,17H,2H2,1H3,(H2,16,20). The minimum absolute atomic E-state index is 0.174. The maximum Gasteiger partial charge on any atom is 0.261 e. The number of hydrogen-bond acceptors (Lipinski definition) is 3. The summed E-state index contributed by atoms with van der Waals surface area (Å²) in [5, 5.41) is 0. The minimum Gasteiger partial charge on any atom is -0.389 e. The zero-order valence-electron chi connectivity index (χ0n) is 11.5. The van der Waals surface area contributed by atoms with Gasteiger partial charge in [0.2, 0.25) is 0 Å². The summed E-state index contributed by atoms with van der Waals surface area (Å²) in [6.07, 6.45) is 0.749. The molecule has 21 heavy (non-hydrogen) atoms. The first-order chi connectivity index (χ1) is 9.94. The van der Waals surface area contributed by atoms with Gasteiger partial charge < -0.3 is 5.73 Å². The number of benzene rings is 2. The van der Waals surface area contributed by atoms with Crippen LogP contribution in [0.25, 0.3) is 0 Å². The largest absolute Gasteiger partial charge is 0.389 e. The lowest BCUT2D eigenvalue weighted by Gasteiger charge is -2.11. The summed E-state index contributed by atoms with van der Waals surface area (Å²) in [6, 6.07) is 13.5. The van der Waals surface area contributed by atoms with E-state index in [1.807, 2.05) is 19.1 Å². The van der Waals surface area contributed by atoms with Crippen molar-refractivity contribution in [3.05, 3.63) is 59.7 Å². The molecule has 4 nitrogen and oxygen atoms in total. The second-order valence-electron chi connectivity index (χ2n) is 4.50. The van der Waals surface area contributed by atoms with Gasteiger partial charge in [-0.25, -0.2) is 8.42 Å². The van der Waals surface area contributed by atoms with Gasteiger partial charge in [0.05, 0.1) is 10.6 Å². The lowest BCUT2D eigenvalue weighted by atomic mass is 10.1. The molecule has 0 fully saturated rings. The second-order valence-corrected chi connectivity index (χ2v) is 6.63. The number of nitrogens with one attached hydrogen (secondary N) is 1. The van der Waals surface area contributed by atoms with Crippen LogP contribution in [0.5, 0.6) is 0 Å². The Morgan fingerprint density at radius 1 is 1.14 bits per heavy atom. The second kappa shape index (κ2) is 6.24. The molecular formula is C15H16N2O2S2. The number of sulfonamides is 1. The summed E-state index contributed by atoms with van der Waals surface area (Å²) < 4.78 is 27.4. The highest BCUT2D eigenvalue weighted by Crippen LogP contribution is 2.20. The van der Waals surface area contributed by atoms with Gasteiger partial charge in [-0.1, -0.05) is 49.5 Å². The van der Waals surface area contributed by atoms with Gasteiger partial charge in [-0.3, -0.25) is 4.72 Å². The van der Waals surface area contributed by atoms with Crippen LogP contribution in [0.15, 0.2) is 53.4 Å². The number of thiocarbonyl (C=S) groups is 1. The molecule has 0 saturated heterocycles. The first-order valence-electron chi connectivity index (χ1n) is 6.44. The lowest BCUT2D eigenvalue weighted by Crippen LogP contribution is -2.15. The van der Waals surface area contributed by atoms with E-state index in [9.17, 15) is 8.42 Å². The Morgan fingerprint density at radius 2 is 1.76 bits per heavy atom. The van der Waals surface area contributed by atoms with E-state index in [0.29, 0.717) is 11.3 Å². The molecule has 0 unspecified atom stereocenters. The Kier molecular flexibility index (Phi) is 4.59. The van der Waals surface area contributed by atoms with Crippen molar-refractivity contribution in [1.29, 1.82) is 0 Å². The van der Waals surface area contributed by atoms with Gasteiger partial charge in [0.25, 0.3) is 10.0 Å². The van der Waals surface area contributed by atoms with E-state index >= 15 is 0 Å². The molecule has 0 saturated carbocycles. The fourth-order valence-corrected chi connectivity index (χ4v) is 3.17. The third kappa shape index (κ3) is 3.59. The summed E-state index contributed by atoms with van der Waals surface area (Å²) >= 11 is 4.85. The quantitative estimate of drug-likeness (QED) is 0.831. The van der Waals surface area contributed by atoms with Crippen molar-refractivity contribution in [2.75, 3.05) is 4.72 Å². The number of anilines is 1. The van der Waals surface area contributed by atoms with E-state index in [4.69, 9.17) is 18.0 Å². The molecule has 6 heteroatoms. The molecule has 110 valence electrons.